The molecule has 0 fully saturated rings. The molecule has 0 saturated heterocycles. The van der Waals surface area contributed by atoms with Crippen LogP contribution in [0.3, 0.4) is 0 Å². The highest BCUT2D eigenvalue weighted by atomic mass is 32.2. The van der Waals surface area contributed by atoms with Crippen molar-refractivity contribution >= 4 is 47.5 Å². The lowest BCUT2D eigenvalue weighted by atomic mass is 9.91. The van der Waals surface area contributed by atoms with E-state index in [1.54, 1.807) is 0 Å². The van der Waals surface area contributed by atoms with E-state index in [2.05, 4.69) is 0 Å². The Labute approximate surface area is 180 Å². The summed E-state index contributed by atoms with van der Waals surface area (Å²) in [5.74, 6) is -3.19. The number of hydrogen-bond donors (Lipinski definition) is 4. The van der Waals surface area contributed by atoms with Crippen LogP contribution < -0.4 is 0 Å². The van der Waals surface area contributed by atoms with Crippen LogP contribution >= 0.6 is 0 Å². The maximum atomic E-state index is 12.1. The highest BCUT2D eigenvalue weighted by Gasteiger charge is 2.32. The molecule has 1 aliphatic carbocycles. The smallest absolute Gasteiger partial charge is 0.295 e. The number of fused-ring (bicyclic) bond motifs is 2. The van der Waals surface area contributed by atoms with Gasteiger partial charge in [0.05, 0.1) is 0 Å². The van der Waals surface area contributed by atoms with E-state index in [1.165, 1.54) is 12.1 Å². The second kappa shape index (κ2) is 6.97. The summed E-state index contributed by atoms with van der Waals surface area (Å²) in [7, 11) is -9.74. The van der Waals surface area contributed by atoms with Gasteiger partial charge in [-0.05, 0) is 52.7 Å². The third-order valence-electron chi connectivity index (χ3n) is 4.91. The number of aromatic hydroxyl groups is 2. The largest absolute Gasteiger partial charge is 0.504 e. The van der Waals surface area contributed by atoms with E-state index in [0.29, 0.717) is 6.08 Å². The fraction of sp³-hybridized carbons (Fsp3) is 0. The molecule has 0 aliphatic heterocycles. The Morgan fingerprint density at radius 3 is 1.81 bits per heavy atom. The minimum Gasteiger partial charge on any atom is -0.504 e. The summed E-state index contributed by atoms with van der Waals surface area (Å²) in [5.41, 5.74) is -0.760. The standard InChI is InChI=1S/C20H12O10S2/c21-15-5-10-4-13(18(31(25,26)27)7-11(10)6-16(15)22)9-1-2-12-14(3-9)19(32(28,29)30)8-17(23)20(12)24/h1-8,21-22H,(H,25,26,27)(H,28,29,30). The lowest BCUT2D eigenvalue weighted by Gasteiger charge is -2.17. The van der Waals surface area contributed by atoms with Gasteiger partial charge < -0.3 is 10.2 Å². The number of ketones is 2. The monoisotopic (exact) mass is 476 g/mol. The van der Waals surface area contributed by atoms with Crippen LogP contribution in [0, 0.1) is 0 Å². The summed E-state index contributed by atoms with van der Waals surface area (Å²) in [6.07, 6.45) is 0.467. The third-order valence-corrected chi connectivity index (χ3v) is 6.70. The van der Waals surface area contributed by atoms with E-state index in [4.69, 9.17) is 0 Å². The van der Waals surface area contributed by atoms with Gasteiger partial charge in [-0.1, -0.05) is 6.07 Å². The van der Waals surface area contributed by atoms with Crippen LogP contribution in [0.25, 0.3) is 26.8 Å². The first-order valence-corrected chi connectivity index (χ1v) is 11.6. The minimum absolute atomic E-state index is 0.0162. The predicted molar refractivity (Wildman–Crippen MR) is 111 cm³/mol. The topological polar surface area (TPSA) is 183 Å². The molecule has 0 atom stereocenters. The Balaban J connectivity index is 2.06. The van der Waals surface area contributed by atoms with E-state index in [9.17, 15) is 45.7 Å². The normalized spacial score (nSPS) is 14.4. The van der Waals surface area contributed by atoms with Gasteiger partial charge in [-0.2, -0.15) is 16.8 Å². The van der Waals surface area contributed by atoms with Crippen molar-refractivity contribution in [2.24, 2.45) is 0 Å². The molecule has 3 aromatic carbocycles. The van der Waals surface area contributed by atoms with Crippen molar-refractivity contribution in [3.63, 3.8) is 0 Å². The first-order valence-electron chi connectivity index (χ1n) is 8.67. The van der Waals surface area contributed by atoms with Gasteiger partial charge in [-0.25, -0.2) is 0 Å². The number of phenols is 2. The van der Waals surface area contributed by atoms with Crippen LogP contribution in [-0.4, -0.2) is 47.7 Å². The van der Waals surface area contributed by atoms with Crippen molar-refractivity contribution in [3.8, 4) is 22.6 Å². The zero-order valence-electron chi connectivity index (χ0n) is 15.7. The number of benzene rings is 3. The Morgan fingerprint density at radius 1 is 0.656 bits per heavy atom. The molecule has 0 amide bonds. The summed E-state index contributed by atoms with van der Waals surface area (Å²) in [4.78, 5) is 22.5. The second-order valence-corrected chi connectivity index (χ2v) is 9.73. The molecule has 32 heavy (non-hydrogen) atoms. The number of carbonyl (C=O) groups is 2. The maximum absolute atomic E-state index is 12.1. The molecule has 12 heteroatoms. The first-order chi connectivity index (χ1) is 14.8. The molecule has 0 aromatic heterocycles. The molecular weight excluding hydrogens is 464 g/mol. The minimum atomic E-state index is -4.92. The van der Waals surface area contributed by atoms with Crippen molar-refractivity contribution < 1.29 is 45.7 Å². The molecule has 3 aromatic rings. The van der Waals surface area contributed by atoms with Gasteiger partial charge in [0.15, 0.2) is 11.5 Å². The van der Waals surface area contributed by atoms with Gasteiger partial charge in [0, 0.05) is 22.8 Å². The average Bonchev–Trinajstić information content (AvgIpc) is 2.69. The summed E-state index contributed by atoms with van der Waals surface area (Å²) >= 11 is 0. The van der Waals surface area contributed by atoms with Crippen LogP contribution in [0.2, 0.25) is 0 Å². The predicted octanol–water partition coefficient (Wildman–Crippen LogP) is 2.16. The zero-order chi connectivity index (χ0) is 23.6. The zero-order valence-corrected chi connectivity index (χ0v) is 17.3. The number of Topliss-reactive ketones (excluding diaryl/α,β-unsaturated/α-hetero) is 1. The lowest BCUT2D eigenvalue weighted by Crippen LogP contribution is -2.21. The van der Waals surface area contributed by atoms with Crippen molar-refractivity contribution in [2.45, 2.75) is 4.90 Å². The first kappa shape index (κ1) is 21.6. The Morgan fingerprint density at radius 2 is 1.25 bits per heavy atom. The van der Waals surface area contributed by atoms with Gasteiger partial charge in [0.2, 0.25) is 11.6 Å². The summed E-state index contributed by atoms with van der Waals surface area (Å²) in [5, 5.41) is 19.9. The fourth-order valence-electron chi connectivity index (χ4n) is 3.47. The number of allylic oxidation sites excluding steroid dienone is 1. The van der Waals surface area contributed by atoms with Crippen LogP contribution in [-0.2, 0) is 25.0 Å². The molecular formula is C20H12O10S2. The fourth-order valence-corrected chi connectivity index (χ4v) is 4.90. The van der Waals surface area contributed by atoms with Crippen LogP contribution in [0.1, 0.15) is 15.9 Å². The molecule has 0 spiro atoms. The highest BCUT2D eigenvalue weighted by Crippen LogP contribution is 2.39. The molecule has 0 unspecified atom stereocenters. The van der Waals surface area contributed by atoms with Gasteiger partial charge in [0.25, 0.3) is 20.2 Å². The quantitative estimate of drug-likeness (QED) is 0.248. The van der Waals surface area contributed by atoms with Gasteiger partial charge in [-0.15, -0.1) is 0 Å². The number of phenolic OH excluding ortho intramolecular Hbond substituents is 2. The van der Waals surface area contributed by atoms with E-state index in [1.807, 2.05) is 0 Å². The SMILES string of the molecule is O=C1C=C(S(=O)(=O)O)c2cc(-c3cc4cc(O)c(O)cc4cc3S(=O)(=O)O)ccc2C1=O. The van der Waals surface area contributed by atoms with Crippen molar-refractivity contribution in [3.05, 3.63) is 59.7 Å². The summed E-state index contributed by atoms with van der Waals surface area (Å²) in [6, 6.07) is 7.92. The Hall–Kier alpha value is -3.58. The molecule has 10 nitrogen and oxygen atoms in total. The number of carbonyl (C=O) groups excluding carboxylic acids is 2. The molecule has 0 bridgehead atoms. The number of rotatable bonds is 3. The molecule has 1 aliphatic rings. The van der Waals surface area contributed by atoms with Crippen LogP contribution in [0.5, 0.6) is 11.5 Å². The molecule has 0 radical (unpaired) electrons. The third kappa shape index (κ3) is 3.54. The summed E-state index contributed by atoms with van der Waals surface area (Å²) in [6.45, 7) is 0. The van der Waals surface area contributed by atoms with Crippen molar-refractivity contribution in [2.75, 3.05) is 0 Å². The lowest BCUT2D eigenvalue weighted by molar-refractivity contribution is -0.111. The maximum Gasteiger partial charge on any atom is 0.295 e. The molecule has 0 heterocycles. The van der Waals surface area contributed by atoms with E-state index in [0.717, 1.165) is 30.3 Å². The van der Waals surface area contributed by atoms with Crippen molar-refractivity contribution in [1.29, 1.82) is 0 Å². The summed E-state index contributed by atoms with van der Waals surface area (Å²) < 4.78 is 66.8. The molecule has 0 saturated carbocycles. The van der Waals surface area contributed by atoms with Crippen LogP contribution in [0.4, 0.5) is 0 Å². The van der Waals surface area contributed by atoms with E-state index >= 15 is 0 Å². The highest BCUT2D eigenvalue weighted by molar-refractivity contribution is 7.95. The van der Waals surface area contributed by atoms with E-state index in [-0.39, 0.29) is 33.0 Å². The molecule has 4 N–H and O–H groups in total. The Bertz CT molecular complexity index is 1610. The number of hydrogen-bond acceptors (Lipinski definition) is 8. The second-order valence-electron chi connectivity index (χ2n) is 6.95. The molecule has 164 valence electrons. The van der Waals surface area contributed by atoms with Crippen molar-refractivity contribution in [1.82, 2.24) is 0 Å². The molecule has 4 rings (SSSR count). The van der Waals surface area contributed by atoms with Crippen LogP contribution in [0.15, 0.2) is 53.4 Å². The Kier molecular flexibility index (Phi) is 4.71. The van der Waals surface area contributed by atoms with Gasteiger partial charge >= 0.3 is 0 Å². The van der Waals surface area contributed by atoms with Gasteiger partial charge in [0.1, 0.15) is 9.80 Å². The van der Waals surface area contributed by atoms with Gasteiger partial charge in [-0.3, -0.25) is 18.7 Å². The van der Waals surface area contributed by atoms with E-state index < -0.39 is 53.1 Å². The average molecular weight is 476 g/mol.